The van der Waals surface area contributed by atoms with Crippen molar-refractivity contribution in [2.75, 3.05) is 14.9 Å². The van der Waals surface area contributed by atoms with Gasteiger partial charge >= 0.3 is 0 Å². The Labute approximate surface area is 218 Å². The molecule has 7 nitrogen and oxygen atoms in total. The second-order valence-electron chi connectivity index (χ2n) is 9.40. The van der Waals surface area contributed by atoms with E-state index in [9.17, 15) is 28.0 Å². The highest BCUT2D eigenvalue weighted by atomic mass is 19.1. The smallest absolute Gasteiger partial charge is 0.262 e. The molecule has 0 saturated carbocycles. The zero-order chi connectivity index (χ0) is 27.0. The summed E-state index contributed by atoms with van der Waals surface area (Å²) in [5, 5.41) is 2.49. The number of anilines is 3. The third-order valence-electron chi connectivity index (χ3n) is 7.16. The van der Waals surface area contributed by atoms with E-state index in [2.05, 4.69) is 0 Å². The van der Waals surface area contributed by atoms with E-state index in [0.29, 0.717) is 29.1 Å². The fourth-order valence-corrected chi connectivity index (χ4v) is 5.32. The first kappa shape index (κ1) is 25.3. The normalized spacial score (nSPS) is 19.1. The van der Waals surface area contributed by atoms with E-state index in [1.165, 1.54) is 10.0 Å². The molecule has 2 aliphatic rings. The van der Waals surface area contributed by atoms with Crippen molar-refractivity contribution in [1.29, 1.82) is 0 Å². The Bertz CT molecular complexity index is 1360. The number of hydrogen-bond acceptors (Lipinski definition) is 4. The van der Waals surface area contributed by atoms with Gasteiger partial charge in [-0.3, -0.25) is 19.2 Å². The molecule has 9 heteroatoms. The molecule has 0 bridgehead atoms. The zero-order valence-electron chi connectivity index (χ0n) is 20.6. The molecule has 1 atom stereocenters. The molecule has 0 aliphatic carbocycles. The fourth-order valence-electron chi connectivity index (χ4n) is 5.32. The molecule has 194 valence electrons. The Morgan fingerprint density at radius 1 is 0.816 bits per heavy atom. The maximum Gasteiger partial charge on any atom is 0.262 e. The van der Waals surface area contributed by atoms with Crippen molar-refractivity contribution < 1.29 is 28.0 Å². The quantitative estimate of drug-likeness (QED) is 0.326. The number of carbonyl (C=O) groups excluding carboxylic acids is 4. The maximum absolute atomic E-state index is 14.6. The van der Waals surface area contributed by atoms with Crippen molar-refractivity contribution in [1.82, 2.24) is 0 Å². The molecule has 3 aromatic rings. The SMILES string of the molecule is CCCCC1([C@H]2CC(=O)N(c3cc(F)ccc3F)C2=O)C(=O)N(c2ccccc2)N(c2ccccc2)C1=O. The Morgan fingerprint density at radius 3 is 1.89 bits per heavy atom. The maximum atomic E-state index is 14.6. The van der Waals surface area contributed by atoms with E-state index >= 15 is 0 Å². The minimum atomic E-state index is -1.91. The molecule has 0 N–H and O–H groups in total. The third kappa shape index (κ3) is 3.86. The largest absolute Gasteiger partial charge is 0.274 e. The molecule has 38 heavy (non-hydrogen) atoms. The summed E-state index contributed by atoms with van der Waals surface area (Å²) >= 11 is 0. The summed E-state index contributed by atoms with van der Waals surface area (Å²) in [6.07, 6.45) is 0.573. The van der Waals surface area contributed by atoms with Crippen molar-refractivity contribution in [2.24, 2.45) is 11.3 Å². The summed E-state index contributed by atoms with van der Waals surface area (Å²) in [5.41, 5.74) is -1.62. The van der Waals surface area contributed by atoms with Gasteiger partial charge in [-0.2, -0.15) is 0 Å². The van der Waals surface area contributed by atoms with Gasteiger partial charge in [0, 0.05) is 12.5 Å². The minimum Gasteiger partial charge on any atom is -0.274 e. The lowest BCUT2D eigenvalue weighted by atomic mass is 9.70. The number of rotatable bonds is 7. The number of hydrazine groups is 1. The first-order chi connectivity index (χ1) is 18.3. The van der Waals surface area contributed by atoms with Gasteiger partial charge in [-0.25, -0.2) is 23.7 Å². The fraction of sp³-hybridized carbons (Fsp3) is 0.241. The summed E-state index contributed by atoms with van der Waals surface area (Å²) in [6, 6.07) is 19.6. The van der Waals surface area contributed by atoms with Crippen LogP contribution in [0.25, 0.3) is 0 Å². The summed E-state index contributed by atoms with van der Waals surface area (Å²) < 4.78 is 28.6. The van der Waals surface area contributed by atoms with Crippen LogP contribution in [0.2, 0.25) is 0 Å². The Kier molecular flexibility index (Phi) is 6.52. The average Bonchev–Trinajstić information content (AvgIpc) is 3.34. The molecular weight excluding hydrogens is 492 g/mol. The lowest BCUT2D eigenvalue weighted by Crippen LogP contribution is -2.47. The van der Waals surface area contributed by atoms with Gasteiger partial charge in [0.25, 0.3) is 11.8 Å². The van der Waals surface area contributed by atoms with Gasteiger partial charge in [0.2, 0.25) is 11.8 Å². The van der Waals surface area contributed by atoms with Crippen molar-refractivity contribution >= 4 is 40.7 Å². The standard InChI is InChI=1S/C29H25F2N3O4/c1-2-3-16-29(22-18-25(35)32(26(22)36)24-17-19(30)14-15-23(24)31)27(37)33(20-10-6-4-7-11-20)34(28(29)38)21-12-8-5-9-13-21/h4-15,17,22H,2-3,16,18H2,1H3/t22-/m0/s1. The van der Waals surface area contributed by atoms with Crippen molar-refractivity contribution in [2.45, 2.75) is 32.6 Å². The van der Waals surface area contributed by atoms with E-state index in [1.54, 1.807) is 60.7 Å². The molecule has 0 spiro atoms. The second-order valence-corrected chi connectivity index (χ2v) is 9.40. The number of imide groups is 1. The van der Waals surface area contributed by atoms with Gasteiger partial charge in [0.15, 0.2) is 0 Å². The van der Waals surface area contributed by atoms with Gasteiger partial charge < -0.3 is 0 Å². The van der Waals surface area contributed by atoms with E-state index in [-0.39, 0.29) is 6.42 Å². The van der Waals surface area contributed by atoms with Crippen LogP contribution in [0.5, 0.6) is 0 Å². The van der Waals surface area contributed by atoms with E-state index in [1.807, 2.05) is 6.92 Å². The van der Waals surface area contributed by atoms with Gasteiger partial charge in [-0.15, -0.1) is 0 Å². The Morgan fingerprint density at radius 2 is 1.37 bits per heavy atom. The highest BCUT2D eigenvalue weighted by Crippen LogP contribution is 2.50. The number of unbranched alkanes of at least 4 members (excludes halogenated alkanes) is 1. The van der Waals surface area contributed by atoms with Crippen LogP contribution in [0, 0.1) is 23.0 Å². The lowest BCUT2D eigenvalue weighted by Gasteiger charge is -2.29. The molecule has 2 heterocycles. The van der Waals surface area contributed by atoms with Crippen molar-refractivity contribution in [3.8, 4) is 0 Å². The molecule has 3 aromatic carbocycles. The van der Waals surface area contributed by atoms with Crippen LogP contribution in [-0.4, -0.2) is 23.6 Å². The molecule has 2 aliphatic heterocycles. The number of nitrogens with zero attached hydrogens (tertiary/aromatic N) is 3. The number of carbonyl (C=O) groups is 4. The molecule has 0 unspecified atom stereocenters. The third-order valence-corrected chi connectivity index (χ3v) is 7.16. The van der Waals surface area contributed by atoms with Crippen LogP contribution < -0.4 is 14.9 Å². The van der Waals surface area contributed by atoms with Crippen molar-refractivity contribution in [3.63, 3.8) is 0 Å². The Hall–Kier alpha value is -4.40. The summed E-state index contributed by atoms with van der Waals surface area (Å²) in [5.74, 6) is -6.16. The zero-order valence-corrected chi connectivity index (χ0v) is 20.6. The Balaban J connectivity index is 1.66. The van der Waals surface area contributed by atoms with E-state index < -0.39 is 58.7 Å². The predicted octanol–water partition coefficient (Wildman–Crippen LogP) is 5.02. The summed E-state index contributed by atoms with van der Waals surface area (Å²) in [6.45, 7) is 1.89. The van der Waals surface area contributed by atoms with Gasteiger partial charge in [0.05, 0.1) is 23.0 Å². The average molecular weight is 518 g/mol. The van der Waals surface area contributed by atoms with Gasteiger partial charge in [-0.05, 0) is 42.8 Å². The van der Waals surface area contributed by atoms with Crippen LogP contribution in [0.15, 0.2) is 78.9 Å². The second kappa shape index (κ2) is 9.81. The molecule has 5 rings (SSSR count). The minimum absolute atomic E-state index is 0.0109. The molecule has 0 aromatic heterocycles. The van der Waals surface area contributed by atoms with Gasteiger partial charge in [0.1, 0.15) is 17.0 Å². The summed E-state index contributed by atoms with van der Waals surface area (Å²) in [4.78, 5) is 56.2. The van der Waals surface area contributed by atoms with Crippen molar-refractivity contribution in [3.05, 3.63) is 90.5 Å². The van der Waals surface area contributed by atoms with E-state index in [4.69, 9.17) is 0 Å². The van der Waals surface area contributed by atoms with Crippen LogP contribution in [0.3, 0.4) is 0 Å². The highest BCUT2D eigenvalue weighted by molar-refractivity contribution is 6.31. The van der Waals surface area contributed by atoms with Crippen LogP contribution >= 0.6 is 0 Å². The first-order valence-corrected chi connectivity index (χ1v) is 12.4. The number of amides is 4. The number of benzene rings is 3. The number of halogens is 2. The monoisotopic (exact) mass is 517 g/mol. The molecule has 4 amide bonds. The predicted molar refractivity (Wildman–Crippen MR) is 137 cm³/mol. The van der Waals surface area contributed by atoms with Gasteiger partial charge in [-0.1, -0.05) is 56.2 Å². The lowest BCUT2D eigenvalue weighted by molar-refractivity contribution is -0.144. The van der Waals surface area contributed by atoms with E-state index in [0.717, 1.165) is 18.2 Å². The topological polar surface area (TPSA) is 78.0 Å². The first-order valence-electron chi connectivity index (χ1n) is 12.4. The highest BCUT2D eigenvalue weighted by Gasteiger charge is 2.67. The molecule has 2 saturated heterocycles. The number of hydrogen-bond donors (Lipinski definition) is 0. The molecule has 0 radical (unpaired) electrons. The molecular formula is C29H25F2N3O4. The van der Waals surface area contributed by atoms with Crippen LogP contribution in [0.4, 0.5) is 25.8 Å². The van der Waals surface area contributed by atoms with Crippen LogP contribution in [-0.2, 0) is 19.2 Å². The molecule has 2 fully saturated rings. The summed E-state index contributed by atoms with van der Waals surface area (Å²) in [7, 11) is 0. The van der Waals surface area contributed by atoms with Crippen LogP contribution in [0.1, 0.15) is 32.6 Å². The number of para-hydroxylation sites is 2.